The number of anilines is 1. The maximum absolute atomic E-state index is 12.2. The summed E-state index contributed by atoms with van der Waals surface area (Å²) in [7, 11) is -3.49. The second-order valence-corrected chi connectivity index (χ2v) is 8.44. The van der Waals surface area contributed by atoms with Crippen LogP contribution in [0.25, 0.3) is 0 Å². The fraction of sp³-hybridized carbons (Fsp3) is 0.350. The Bertz CT molecular complexity index is 915. The molecule has 0 saturated heterocycles. The summed E-state index contributed by atoms with van der Waals surface area (Å²) in [5, 5.41) is 2.85. The molecule has 0 atom stereocenters. The number of sulfonamides is 1. The second kappa shape index (κ2) is 8.97. The number of rotatable bonds is 8. The van der Waals surface area contributed by atoms with Gasteiger partial charge in [0.1, 0.15) is 13.2 Å². The summed E-state index contributed by atoms with van der Waals surface area (Å²) >= 11 is 0. The Kier molecular flexibility index (Phi) is 6.41. The molecule has 0 unspecified atom stereocenters. The van der Waals surface area contributed by atoms with Gasteiger partial charge >= 0.3 is 0 Å². The van der Waals surface area contributed by atoms with E-state index in [9.17, 15) is 13.2 Å². The normalized spacial score (nSPS) is 13.0. The first-order valence-corrected chi connectivity index (χ1v) is 11.0. The first kappa shape index (κ1) is 20.0. The summed E-state index contributed by atoms with van der Waals surface area (Å²) in [4.78, 5) is 12.1. The Morgan fingerprint density at radius 1 is 1.07 bits per heavy atom. The van der Waals surface area contributed by atoms with Gasteiger partial charge in [0.05, 0.1) is 11.9 Å². The number of carbonyl (C=O) groups is 1. The van der Waals surface area contributed by atoms with Gasteiger partial charge < -0.3 is 14.8 Å². The van der Waals surface area contributed by atoms with Crippen molar-refractivity contribution in [2.75, 3.05) is 30.3 Å². The number of hydrogen-bond acceptors (Lipinski definition) is 5. The molecule has 8 heteroatoms. The Labute approximate surface area is 165 Å². The number of hydrogen-bond donors (Lipinski definition) is 1. The molecule has 1 amide bonds. The Hall–Kier alpha value is -2.74. The van der Waals surface area contributed by atoms with Crippen molar-refractivity contribution in [3.63, 3.8) is 0 Å². The van der Waals surface area contributed by atoms with E-state index in [0.29, 0.717) is 43.4 Å². The molecular weight excluding hydrogens is 380 g/mol. The molecule has 0 spiro atoms. The fourth-order valence-corrected chi connectivity index (χ4v) is 3.90. The molecule has 0 aromatic heterocycles. The van der Waals surface area contributed by atoms with Crippen molar-refractivity contribution in [3.05, 3.63) is 54.1 Å². The lowest BCUT2D eigenvalue weighted by molar-refractivity contribution is -0.121. The highest BCUT2D eigenvalue weighted by Gasteiger charge is 2.21. The number of nitrogens with zero attached hydrogens (tertiary/aromatic N) is 1. The van der Waals surface area contributed by atoms with E-state index >= 15 is 0 Å². The Balaban J connectivity index is 1.57. The predicted octanol–water partition coefficient (Wildman–Crippen LogP) is 2.32. The van der Waals surface area contributed by atoms with Crippen molar-refractivity contribution in [3.8, 4) is 11.5 Å². The summed E-state index contributed by atoms with van der Waals surface area (Å²) in [6, 6.07) is 14.7. The quantitative estimate of drug-likeness (QED) is 0.730. The number of nitrogens with one attached hydrogen (secondary N) is 1. The minimum atomic E-state index is -3.49. The lowest BCUT2D eigenvalue weighted by atomic mass is 10.2. The zero-order valence-corrected chi connectivity index (χ0v) is 16.6. The van der Waals surface area contributed by atoms with Gasteiger partial charge in [0, 0.05) is 25.6 Å². The zero-order valence-electron chi connectivity index (χ0n) is 15.8. The Morgan fingerprint density at radius 3 is 2.50 bits per heavy atom. The van der Waals surface area contributed by atoms with Crippen LogP contribution >= 0.6 is 0 Å². The lowest BCUT2D eigenvalue weighted by Gasteiger charge is -2.25. The maximum atomic E-state index is 12.2. The topological polar surface area (TPSA) is 84.9 Å². The van der Waals surface area contributed by atoms with Gasteiger partial charge in [-0.3, -0.25) is 9.10 Å². The molecular formula is C20H24N2O5S. The van der Waals surface area contributed by atoms with Gasteiger partial charge in [0.15, 0.2) is 11.5 Å². The van der Waals surface area contributed by atoms with E-state index in [1.54, 1.807) is 18.2 Å². The summed E-state index contributed by atoms with van der Waals surface area (Å²) < 4.78 is 36.8. The fourth-order valence-electron chi connectivity index (χ4n) is 2.94. The summed E-state index contributed by atoms with van der Waals surface area (Å²) in [5.41, 5.74) is 1.52. The third-order valence-electron chi connectivity index (χ3n) is 4.31. The molecule has 2 aromatic carbocycles. The van der Waals surface area contributed by atoms with Crippen LogP contribution in [0.4, 0.5) is 5.69 Å². The number of carbonyl (C=O) groups excluding carboxylic acids is 1. The van der Waals surface area contributed by atoms with E-state index in [2.05, 4.69) is 5.32 Å². The smallest absolute Gasteiger partial charge is 0.232 e. The van der Waals surface area contributed by atoms with Gasteiger partial charge in [-0.25, -0.2) is 8.42 Å². The second-order valence-electron chi connectivity index (χ2n) is 6.53. The summed E-state index contributed by atoms with van der Waals surface area (Å²) in [6.45, 7) is 1.56. The summed E-state index contributed by atoms with van der Waals surface area (Å²) in [5.74, 6) is 1.02. The van der Waals surface area contributed by atoms with E-state index in [-0.39, 0.29) is 18.9 Å². The van der Waals surface area contributed by atoms with Gasteiger partial charge in [-0.1, -0.05) is 30.3 Å². The zero-order chi connectivity index (χ0) is 20.0. The highest BCUT2D eigenvalue weighted by Crippen LogP contribution is 2.34. The highest BCUT2D eigenvalue weighted by atomic mass is 32.2. The van der Waals surface area contributed by atoms with Crippen molar-refractivity contribution >= 4 is 21.6 Å². The molecule has 0 saturated carbocycles. The van der Waals surface area contributed by atoms with E-state index in [1.165, 1.54) is 4.31 Å². The minimum absolute atomic E-state index is 0.112. The monoisotopic (exact) mass is 404 g/mol. The Morgan fingerprint density at radius 2 is 1.79 bits per heavy atom. The first-order chi connectivity index (χ1) is 13.4. The summed E-state index contributed by atoms with van der Waals surface area (Å²) in [6.07, 6.45) is 1.80. The number of benzene rings is 2. The molecule has 2 aromatic rings. The molecule has 1 heterocycles. The van der Waals surface area contributed by atoms with Gasteiger partial charge in [-0.15, -0.1) is 0 Å². The average molecular weight is 404 g/mol. The molecule has 150 valence electrons. The van der Waals surface area contributed by atoms with Crippen LogP contribution in [-0.4, -0.2) is 40.3 Å². The van der Waals surface area contributed by atoms with Crippen LogP contribution in [0, 0.1) is 0 Å². The van der Waals surface area contributed by atoms with Crippen LogP contribution in [-0.2, 0) is 21.4 Å². The van der Waals surface area contributed by atoms with Crippen molar-refractivity contribution in [1.29, 1.82) is 0 Å². The van der Waals surface area contributed by atoms with Crippen molar-refractivity contribution in [2.24, 2.45) is 0 Å². The first-order valence-electron chi connectivity index (χ1n) is 9.11. The molecule has 1 aliphatic heterocycles. The number of ether oxygens (including phenoxy) is 2. The van der Waals surface area contributed by atoms with Crippen LogP contribution in [0.1, 0.15) is 18.4 Å². The SMILES string of the molecule is CS(=O)(=O)N(CCCC(=O)NCc1ccccc1)c1ccc2c(c1)OCCO2. The largest absolute Gasteiger partial charge is 0.486 e. The van der Waals surface area contributed by atoms with Gasteiger partial charge in [-0.05, 0) is 24.1 Å². The van der Waals surface area contributed by atoms with Crippen molar-refractivity contribution in [2.45, 2.75) is 19.4 Å². The minimum Gasteiger partial charge on any atom is -0.486 e. The molecule has 0 bridgehead atoms. The van der Waals surface area contributed by atoms with Crippen LogP contribution in [0.15, 0.2) is 48.5 Å². The van der Waals surface area contributed by atoms with E-state index in [1.807, 2.05) is 30.3 Å². The molecule has 1 N–H and O–H groups in total. The van der Waals surface area contributed by atoms with Gasteiger partial charge in [0.2, 0.25) is 15.9 Å². The predicted molar refractivity (Wildman–Crippen MR) is 107 cm³/mol. The molecule has 0 aliphatic carbocycles. The molecule has 28 heavy (non-hydrogen) atoms. The van der Waals surface area contributed by atoms with Gasteiger partial charge in [0.25, 0.3) is 0 Å². The standard InChI is InChI=1S/C20H24N2O5S/c1-28(24,25)22(17-9-10-18-19(14-17)27-13-12-26-18)11-5-8-20(23)21-15-16-6-3-2-4-7-16/h2-4,6-7,9-10,14H,5,8,11-13,15H2,1H3,(H,21,23). The van der Waals surface area contributed by atoms with E-state index in [4.69, 9.17) is 9.47 Å². The lowest BCUT2D eigenvalue weighted by Crippen LogP contribution is -2.32. The number of amides is 1. The van der Waals surface area contributed by atoms with Crippen molar-refractivity contribution < 1.29 is 22.7 Å². The molecule has 3 rings (SSSR count). The number of fused-ring (bicyclic) bond motifs is 1. The molecule has 1 aliphatic rings. The maximum Gasteiger partial charge on any atom is 0.232 e. The average Bonchev–Trinajstić information content (AvgIpc) is 2.69. The molecule has 0 radical (unpaired) electrons. The molecule has 7 nitrogen and oxygen atoms in total. The van der Waals surface area contributed by atoms with Gasteiger partial charge in [-0.2, -0.15) is 0 Å². The third-order valence-corrected chi connectivity index (χ3v) is 5.51. The van der Waals surface area contributed by atoms with E-state index in [0.717, 1.165) is 11.8 Å². The van der Waals surface area contributed by atoms with Crippen LogP contribution < -0.4 is 19.1 Å². The van der Waals surface area contributed by atoms with Crippen LogP contribution in [0.3, 0.4) is 0 Å². The van der Waals surface area contributed by atoms with Crippen LogP contribution in [0.2, 0.25) is 0 Å². The van der Waals surface area contributed by atoms with Crippen LogP contribution in [0.5, 0.6) is 11.5 Å². The highest BCUT2D eigenvalue weighted by molar-refractivity contribution is 7.92. The molecule has 0 fully saturated rings. The van der Waals surface area contributed by atoms with Crippen molar-refractivity contribution in [1.82, 2.24) is 5.32 Å². The third kappa shape index (κ3) is 5.39. The van der Waals surface area contributed by atoms with E-state index < -0.39 is 10.0 Å².